The number of amides is 2. The van der Waals surface area contributed by atoms with Crippen LogP contribution in [0.1, 0.15) is 39.5 Å². The van der Waals surface area contributed by atoms with E-state index in [-0.39, 0.29) is 45.8 Å². The zero-order chi connectivity index (χ0) is 27.0. The number of benzene rings is 2. The highest BCUT2D eigenvalue weighted by Crippen LogP contribution is 2.35. The zero-order valence-electron chi connectivity index (χ0n) is 20.6. The largest absolute Gasteiger partial charge is 0.336 e. The molecule has 3 aromatic rings. The Labute approximate surface area is 223 Å². The molecular weight excluding hydrogens is 508 g/mol. The Hall–Kier alpha value is -4.24. The van der Waals surface area contributed by atoms with Crippen molar-refractivity contribution in [2.75, 3.05) is 13.1 Å². The van der Waals surface area contributed by atoms with E-state index in [2.05, 4.69) is 5.32 Å². The molecule has 1 N–H and O–H groups in total. The molecule has 1 fully saturated rings. The van der Waals surface area contributed by atoms with Crippen LogP contribution in [0.5, 0.6) is 0 Å². The summed E-state index contributed by atoms with van der Waals surface area (Å²) < 4.78 is 1.79. The number of rotatable bonds is 5. The molecule has 0 saturated carbocycles. The summed E-state index contributed by atoms with van der Waals surface area (Å²) in [5.74, 6) is -0.889. The van der Waals surface area contributed by atoms with E-state index < -0.39 is 10.8 Å². The fraction of sp³-hybridized carbons (Fsp3) is 0.250. The smallest absolute Gasteiger partial charge is 0.273 e. The van der Waals surface area contributed by atoms with Gasteiger partial charge in [-0.25, -0.2) is 0 Å². The lowest BCUT2D eigenvalue weighted by molar-refractivity contribution is -0.385. The molecule has 0 spiro atoms. The third-order valence-electron chi connectivity index (χ3n) is 7.15. The van der Waals surface area contributed by atoms with Gasteiger partial charge in [0.1, 0.15) is 5.70 Å². The molecule has 1 saturated heterocycles. The average molecular weight is 533 g/mol. The first kappa shape index (κ1) is 25.4. The predicted molar refractivity (Wildman–Crippen MR) is 143 cm³/mol. The number of carbonyl (C=O) groups excluding carboxylic acids is 2. The number of likely N-dealkylation sites (tertiary alicyclic amines) is 1. The van der Waals surface area contributed by atoms with Crippen LogP contribution in [-0.2, 0) is 11.3 Å². The minimum Gasteiger partial charge on any atom is -0.336 e. The summed E-state index contributed by atoms with van der Waals surface area (Å²) in [5, 5.41) is 14.6. The number of hydrogen-bond donors (Lipinski definition) is 1. The van der Waals surface area contributed by atoms with Crippen molar-refractivity contribution in [3.05, 3.63) is 114 Å². The summed E-state index contributed by atoms with van der Waals surface area (Å²) in [7, 11) is 0. The summed E-state index contributed by atoms with van der Waals surface area (Å²) in [5.41, 5.74) is 1.65. The standard InChI is InChI=1S/C28H25ClN4O5/c1-17-22(7-3-8-24(17)33(37)38)27(35)30-23(13-18-5-2-6-21(29)12-18)28(36)31-14-19-11-20(16-31)25-9-4-10-26(34)32(25)15-19/h2-10,12-13,19-20H,11,14-16H2,1H3,(H,30,35)/b23-13-/t19-,20+/m1/s1. The minimum atomic E-state index is -0.623. The third kappa shape index (κ3) is 4.97. The number of carbonyl (C=O) groups is 2. The highest BCUT2D eigenvalue weighted by molar-refractivity contribution is 6.30. The highest BCUT2D eigenvalue weighted by atomic mass is 35.5. The van der Waals surface area contributed by atoms with Crippen LogP contribution in [0.3, 0.4) is 0 Å². The van der Waals surface area contributed by atoms with Gasteiger partial charge in [0.2, 0.25) is 0 Å². The summed E-state index contributed by atoms with van der Waals surface area (Å²) in [6.07, 6.45) is 2.43. The molecule has 0 unspecified atom stereocenters. The Balaban J connectivity index is 1.47. The van der Waals surface area contributed by atoms with Crippen LogP contribution < -0.4 is 10.9 Å². The third-order valence-corrected chi connectivity index (χ3v) is 7.39. The van der Waals surface area contributed by atoms with Crippen molar-refractivity contribution in [1.29, 1.82) is 0 Å². The molecule has 0 radical (unpaired) electrons. The van der Waals surface area contributed by atoms with Gasteiger partial charge in [-0.3, -0.25) is 24.5 Å². The van der Waals surface area contributed by atoms with Gasteiger partial charge in [0.15, 0.2) is 0 Å². The van der Waals surface area contributed by atoms with Gasteiger partial charge in [-0.2, -0.15) is 0 Å². The van der Waals surface area contributed by atoms with Crippen LogP contribution in [0.25, 0.3) is 6.08 Å². The Bertz CT molecular complexity index is 1550. The van der Waals surface area contributed by atoms with E-state index in [1.165, 1.54) is 25.1 Å². The van der Waals surface area contributed by atoms with Gasteiger partial charge in [-0.1, -0.05) is 35.9 Å². The van der Waals surface area contributed by atoms with Gasteiger partial charge in [0.25, 0.3) is 23.1 Å². The second-order valence-corrected chi connectivity index (χ2v) is 10.1. The summed E-state index contributed by atoms with van der Waals surface area (Å²) in [6.45, 7) is 2.87. The Morgan fingerprint density at radius 2 is 1.84 bits per heavy atom. The Morgan fingerprint density at radius 3 is 2.61 bits per heavy atom. The molecule has 194 valence electrons. The number of aromatic nitrogens is 1. The van der Waals surface area contributed by atoms with Crippen molar-refractivity contribution >= 4 is 35.2 Å². The topological polar surface area (TPSA) is 115 Å². The van der Waals surface area contributed by atoms with E-state index in [0.29, 0.717) is 30.2 Å². The monoisotopic (exact) mass is 532 g/mol. The molecular formula is C28H25ClN4O5. The van der Waals surface area contributed by atoms with Gasteiger partial charge >= 0.3 is 0 Å². The first-order chi connectivity index (χ1) is 18.2. The number of halogens is 1. The molecule has 10 heteroatoms. The number of nitro groups is 1. The fourth-order valence-electron chi connectivity index (χ4n) is 5.40. The molecule has 38 heavy (non-hydrogen) atoms. The van der Waals surface area contributed by atoms with Crippen LogP contribution in [0, 0.1) is 23.0 Å². The Kier molecular flexibility index (Phi) is 6.86. The molecule has 2 bridgehead atoms. The molecule has 2 amide bonds. The maximum atomic E-state index is 13.9. The second kappa shape index (κ2) is 10.3. The SMILES string of the molecule is Cc1c(C(=O)N/C(=C\c2cccc(Cl)c2)C(=O)N2C[C@H]3C[C@@H](C2)c2cccc(=O)n2C3)cccc1[N+](=O)[O-]. The van der Waals surface area contributed by atoms with Crippen LogP contribution in [0.2, 0.25) is 5.02 Å². The van der Waals surface area contributed by atoms with Crippen molar-refractivity contribution in [2.24, 2.45) is 5.92 Å². The van der Waals surface area contributed by atoms with Gasteiger partial charge < -0.3 is 14.8 Å². The normalized spacial score (nSPS) is 18.5. The number of fused-ring (bicyclic) bond motifs is 4. The number of nitrogens with one attached hydrogen (secondary N) is 1. The van der Waals surface area contributed by atoms with Crippen LogP contribution >= 0.6 is 11.6 Å². The van der Waals surface area contributed by atoms with Gasteiger partial charge in [0.05, 0.1) is 4.92 Å². The van der Waals surface area contributed by atoms with Crippen LogP contribution in [-0.4, -0.2) is 39.3 Å². The number of nitrogens with zero attached hydrogens (tertiary/aromatic N) is 3. The number of pyridine rings is 1. The van der Waals surface area contributed by atoms with E-state index in [9.17, 15) is 24.5 Å². The van der Waals surface area contributed by atoms with E-state index >= 15 is 0 Å². The van der Waals surface area contributed by atoms with Gasteiger partial charge in [-0.05, 0) is 55.2 Å². The van der Waals surface area contributed by atoms with Crippen molar-refractivity contribution < 1.29 is 14.5 Å². The van der Waals surface area contributed by atoms with E-state index in [1.807, 2.05) is 6.07 Å². The highest BCUT2D eigenvalue weighted by Gasteiger charge is 2.37. The van der Waals surface area contributed by atoms with E-state index in [1.54, 1.807) is 51.9 Å². The lowest BCUT2D eigenvalue weighted by atomic mass is 9.83. The van der Waals surface area contributed by atoms with E-state index in [0.717, 1.165) is 12.1 Å². The number of nitro benzene ring substituents is 1. The molecule has 5 rings (SSSR count). The summed E-state index contributed by atoms with van der Waals surface area (Å²) in [6, 6.07) is 16.3. The first-order valence-electron chi connectivity index (χ1n) is 12.2. The quantitative estimate of drug-likeness (QED) is 0.301. The molecule has 0 aliphatic carbocycles. The first-order valence-corrected chi connectivity index (χ1v) is 12.6. The summed E-state index contributed by atoms with van der Waals surface area (Å²) >= 11 is 6.15. The van der Waals surface area contributed by atoms with Gasteiger partial charge in [-0.15, -0.1) is 0 Å². The van der Waals surface area contributed by atoms with Crippen molar-refractivity contribution in [3.63, 3.8) is 0 Å². The van der Waals surface area contributed by atoms with E-state index in [4.69, 9.17) is 11.6 Å². The minimum absolute atomic E-state index is 0.00230. The lowest BCUT2D eigenvalue weighted by Gasteiger charge is -2.43. The van der Waals surface area contributed by atoms with Crippen LogP contribution in [0.4, 0.5) is 5.69 Å². The molecule has 2 aliphatic heterocycles. The maximum absolute atomic E-state index is 13.9. The number of piperidine rings is 1. The Morgan fingerprint density at radius 1 is 1.08 bits per heavy atom. The van der Waals surface area contributed by atoms with Gasteiger partial charge in [0, 0.05) is 59.5 Å². The number of hydrogen-bond acceptors (Lipinski definition) is 5. The van der Waals surface area contributed by atoms with Crippen molar-refractivity contribution in [2.45, 2.75) is 25.8 Å². The predicted octanol–water partition coefficient (Wildman–Crippen LogP) is 4.14. The molecule has 3 heterocycles. The molecule has 2 aromatic carbocycles. The molecule has 2 aliphatic rings. The fourth-order valence-corrected chi connectivity index (χ4v) is 5.60. The molecule has 1 aromatic heterocycles. The van der Waals surface area contributed by atoms with Crippen LogP contribution in [0.15, 0.2) is 71.2 Å². The molecule has 9 nitrogen and oxygen atoms in total. The average Bonchev–Trinajstić information content (AvgIpc) is 2.88. The van der Waals surface area contributed by atoms with Crippen molar-refractivity contribution in [1.82, 2.24) is 14.8 Å². The van der Waals surface area contributed by atoms with Crippen molar-refractivity contribution in [3.8, 4) is 0 Å². The maximum Gasteiger partial charge on any atom is 0.273 e. The molecule has 2 atom stereocenters. The lowest BCUT2D eigenvalue weighted by Crippen LogP contribution is -2.50. The second-order valence-electron chi connectivity index (χ2n) is 9.68. The summed E-state index contributed by atoms with van der Waals surface area (Å²) in [4.78, 5) is 52.1. The zero-order valence-corrected chi connectivity index (χ0v) is 21.4.